The maximum Gasteiger partial charge on any atom is 0.113 e. The number of hydrogen-bond donors (Lipinski definition) is 1. The van der Waals surface area contributed by atoms with E-state index < -0.39 is 0 Å². The van der Waals surface area contributed by atoms with Crippen LogP contribution in [0.1, 0.15) is 17.1 Å². The second kappa shape index (κ2) is 5.08. The number of halogens is 2. The lowest BCUT2D eigenvalue weighted by Gasteiger charge is -2.03. The highest BCUT2D eigenvalue weighted by molar-refractivity contribution is 6.42. The largest absolute Gasteiger partial charge is 0.337 e. The van der Waals surface area contributed by atoms with Crippen molar-refractivity contribution in [3.05, 3.63) is 51.5 Å². The van der Waals surface area contributed by atoms with E-state index in [9.17, 15) is 0 Å². The molecule has 0 aliphatic carbocycles. The van der Waals surface area contributed by atoms with Crippen LogP contribution in [0.15, 0.2) is 24.4 Å². The third kappa shape index (κ3) is 2.80. The zero-order valence-electron chi connectivity index (χ0n) is 9.45. The van der Waals surface area contributed by atoms with Crippen LogP contribution >= 0.6 is 23.2 Å². The highest BCUT2D eigenvalue weighted by Gasteiger charge is 2.06. The molecular weight excluding hydrogens is 257 g/mol. The van der Waals surface area contributed by atoms with Crippen LogP contribution in [-0.2, 0) is 20.0 Å². The van der Waals surface area contributed by atoms with Gasteiger partial charge in [0.05, 0.1) is 15.7 Å². The first-order chi connectivity index (χ1) is 8.10. The van der Waals surface area contributed by atoms with Crippen LogP contribution in [0.5, 0.6) is 0 Å². The second-order valence-corrected chi connectivity index (χ2v) is 4.70. The molecule has 0 radical (unpaired) electrons. The molecule has 0 fully saturated rings. The van der Waals surface area contributed by atoms with Gasteiger partial charge in [0.1, 0.15) is 5.82 Å². The zero-order chi connectivity index (χ0) is 12.4. The number of aromatic nitrogens is 2. The summed E-state index contributed by atoms with van der Waals surface area (Å²) in [5, 5.41) is 1.13. The molecule has 0 atom stereocenters. The average Bonchev–Trinajstić information content (AvgIpc) is 2.65. The van der Waals surface area contributed by atoms with Crippen molar-refractivity contribution in [2.45, 2.75) is 13.0 Å². The third-order valence-corrected chi connectivity index (χ3v) is 3.32. The average molecular weight is 270 g/mol. The fourth-order valence-corrected chi connectivity index (χ4v) is 1.99. The molecule has 0 aliphatic rings. The van der Waals surface area contributed by atoms with E-state index in [0.29, 0.717) is 23.0 Å². The van der Waals surface area contributed by atoms with Gasteiger partial charge in [0.25, 0.3) is 0 Å². The van der Waals surface area contributed by atoms with E-state index in [2.05, 4.69) is 4.98 Å². The summed E-state index contributed by atoms with van der Waals surface area (Å²) in [7, 11) is 1.96. The molecule has 90 valence electrons. The molecule has 17 heavy (non-hydrogen) atoms. The maximum atomic E-state index is 5.97. The topological polar surface area (TPSA) is 43.8 Å². The zero-order valence-corrected chi connectivity index (χ0v) is 11.0. The van der Waals surface area contributed by atoms with E-state index in [4.69, 9.17) is 28.9 Å². The van der Waals surface area contributed by atoms with Crippen molar-refractivity contribution in [1.82, 2.24) is 9.55 Å². The molecule has 0 saturated heterocycles. The van der Waals surface area contributed by atoms with Crippen LogP contribution in [0.25, 0.3) is 0 Å². The second-order valence-electron chi connectivity index (χ2n) is 3.89. The Balaban J connectivity index is 2.24. The van der Waals surface area contributed by atoms with Crippen LogP contribution in [-0.4, -0.2) is 9.55 Å². The molecule has 1 heterocycles. The Morgan fingerprint density at radius 3 is 2.65 bits per heavy atom. The summed E-state index contributed by atoms with van der Waals surface area (Å²) in [5.74, 6) is 0.962. The molecule has 2 rings (SSSR count). The van der Waals surface area contributed by atoms with Gasteiger partial charge in [-0.25, -0.2) is 4.98 Å². The van der Waals surface area contributed by atoms with Crippen molar-refractivity contribution < 1.29 is 0 Å². The SMILES string of the molecule is Cn1cc(CN)nc1Cc1ccc(Cl)c(Cl)c1. The number of aryl methyl sites for hydroxylation is 1. The van der Waals surface area contributed by atoms with Crippen molar-refractivity contribution in [2.75, 3.05) is 0 Å². The van der Waals surface area contributed by atoms with Gasteiger partial charge in [0.15, 0.2) is 0 Å². The standard InChI is InChI=1S/C12H13Cl2N3/c1-17-7-9(6-15)16-12(17)5-8-2-3-10(13)11(14)4-8/h2-4,7H,5-6,15H2,1H3. The van der Waals surface area contributed by atoms with E-state index in [1.165, 1.54) is 0 Å². The summed E-state index contributed by atoms with van der Waals surface area (Å²) < 4.78 is 1.98. The summed E-state index contributed by atoms with van der Waals surface area (Å²) >= 11 is 11.8. The Morgan fingerprint density at radius 2 is 2.06 bits per heavy atom. The van der Waals surface area contributed by atoms with Crippen molar-refractivity contribution in [3.8, 4) is 0 Å². The molecule has 0 spiro atoms. The minimum atomic E-state index is 0.454. The first-order valence-corrected chi connectivity index (χ1v) is 6.01. The van der Waals surface area contributed by atoms with Crippen molar-refractivity contribution in [1.29, 1.82) is 0 Å². The lowest BCUT2D eigenvalue weighted by Crippen LogP contribution is -1.99. The molecule has 2 N–H and O–H groups in total. The molecule has 0 amide bonds. The lowest BCUT2D eigenvalue weighted by atomic mass is 10.1. The molecule has 2 aromatic rings. The molecule has 5 heteroatoms. The van der Waals surface area contributed by atoms with Gasteiger partial charge in [-0.2, -0.15) is 0 Å². The van der Waals surface area contributed by atoms with E-state index in [1.54, 1.807) is 6.07 Å². The Hall–Kier alpha value is -1.03. The summed E-state index contributed by atoms with van der Waals surface area (Å²) in [6, 6.07) is 5.61. The van der Waals surface area contributed by atoms with Gasteiger partial charge in [-0.05, 0) is 17.7 Å². The molecule has 0 aliphatic heterocycles. The molecule has 0 saturated carbocycles. The van der Waals surface area contributed by atoms with Crippen molar-refractivity contribution >= 4 is 23.2 Å². The Labute approximate surface area is 110 Å². The van der Waals surface area contributed by atoms with Gasteiger partial charge in [0, 0.05) is 26.2 Å². The van der Waals surface area contributed by atoms with Gasteiger partial charge in [-0.15, -0.1) is 0 Å². The number of nitrogens with zero attached hydrogens (tertiary/aromatic N) is 2. The van der Waals surface area contributed by atoms with Crippen LogP contribution in [0.3, 0.4) is 0 Å². The molecular formula is C12H13Cl2N3. The van der Waals surface area contributed by atoms with Gasteiger partial charge in [0.2, 0.25) is 0 Å². The Kier molecular flexibility index (Phi) is 3.72. The third-order valence-electron chi connectivity index (χ3n) is 2.58. The quantitative estimate of drug-likeness (QED) is 0.932. The minimum absolute atomic E-state index is 0.454. The number of nitrogens with two attached hydrogens (primary N) is 1. The van der Waals surface area contributed by atoms with Gasteiger partial charge in [-0.1, -0.05) is 29.3 Å². The number of benzene rings is 1. The van der Waals surface area contributed by atoms with Gasteiger partial charge in [-0.3, -0.25) is 0 Å². The molecule has 1 aromatic carbocycles. The molecule has 1 aromatic heterocycles. The Morgan fingerprint density at radius 1 is 1.29 bits per heavy atom. The molecule has 0 bridgehead atoms. The summed E-state index contributed by atoms with van der Waals surface area (Å²) in [6.45, 7) is 0.454. The summed E-state index contributed by atoms with van der Waals surface area (Å²) in [5.41, 5.74) is 7.53. The fourth-order valence-electron chi connectivity index (χ4n) is 1.67. The number of rotatable bonds is 3. The predicted molar refractivity (Wildman–Crippen MR) is 70.4 cm³/mol. The van der Waals surface area contributed by atoms with E-state index in [1.807, 2.05) is 29.9 Å². The normalized spacial score (nSPS) is 10.8. The number of hydrogen-bond acceptors (Lipinski definition) is 2. The van der Waals surface area contributed by atoms with E-state index in [0.717, 1.165) is 17.1 Å². The smallest absolute Gasteiger partial charge is 0.113 e. The van der Waals surface area contributed by atoms with E-state index in [-0.39, 0.29) is 0 Å². The van der Waals surface area contributed by atoms with Crippen LogP contribution < -0.4 is 5.73 Å². The predicted octanol–water partition coefficient (Wildman–Crippen LogP) is 2.78. The first-order valence-electron chi connectivity index (χ1n) is 5.25. The highest BCUT2D eigenvalue weighted by atomic mass is 35.5. The fraction of sp³-hybridized carbons (Fsp3) is 0.250. The van der Waals surface area contributed by atoms with Crippen LogP contribution in [0, 0.1) is 0 Å². The molecule has 0 unspecified atom stereocenters. The van der Waals surface area contributed by atoms with Crippen LogP contribution in [0.4, 0.5) is 0 Å². The van der Waals surface area contributed by atoms with Crippen LogP contribution in [0.2, 0.25) is 10.0 Å². The summed E-state index contributed by atoms with van der Waals surface area (Å²) in [4.78, 5) is 4.44. The molecule has 3 nitrogen and oxygen atoms in total. The first kappa shape index (κ1) is 12.4. The van der Waals surface area contributed by atoms with Gasteiger partial charge >= 0.3 is 0 Å². The van der Waals surface area contributed by atoms with Crippen molar-refractivity contribution in [2.24, 2.45) is 12.8 Å². The Bertz CT molecular complexity index is 535. The highest BCUT2D eigenvalue weighted by Crippen LogP contribution is 2.23. The summed E-state index contributed by atoms with van der Waals surface area (Å²) in [6.07, 6.45) is 2.65. The minimum Gasteiger partial charge on any atom is -0.337 e. The maximum absolute atomic E-state index is 5.97. The van der Waals surface area contributed by atoms with E-state index >= 15 is 0 Å². The van der Waals surface area contributed by atoms with Gasteiger partial charge < -0.3 is 10.3 Å². The number of imidazole rings is 1. The monoisotopic (exact) mass is 269 g/mol. The van der Waals surface area contributed by atoms with Crippen molar-refractivity contribution in [3.63, 3.8) is 0 Å². The lowest BCUT2D eigenvalue weighted by molar-refractivity contribution is 0.821.